The number of para-hydroxylation sites is 1. The summed E-state index contributed by atoms with van der Waals surface area (Å²) in [6.07, 6.45) is 3.33. The van der Waals surface area contributed by atoms with E-state index in [4.69, 9.17) is 11.6 Å². The molecule has 160 valence electrons. The van der Waals surface area contributed by atoms with Gasteiger partial charge in [-0.1, -0.05) is 41.6 Å². The molecule has 2 aromatic heterocycles. The molecule has 2 aromatic carbocycles. The van der Waals surface area contributed by atoms with Crippen LogP contribution in [0, 0.1) is 10.1 Å². The van der Waals surface area contributed by atoms with Gasteiger partial charge in [-0.25, -0.2) is 0 Å². The molecule has 4 rings (SSSR count). The standard InChI is InChI=1S/C21H15ClN6O3S/c22-15-6-7-17(18(12-15)28(30)31)24-19(29)13-32-21-26-25-20(14-8-10-23-11-9-14)27(21)16-4-2-1-3-5-16/h1-12H,13H2,(H,24,29). The Labute approximate surface area is 191 Å². The van der Waals surface area contributed by atoms with E-state index < -0.39 is 10.8 Å². The van der Waals surface area contributed by atoms with E-state index in [-0.39, 0.29) is 22.2 Å². The SMILES string of the molecule is O=C(CSc1nnc(-c2ccncc2)n1-c1ccccc1)Nc1ccc(Cl)cc1[N+](=O)[O-]. The monoisotopic (exact) mass is 466 g/mol. The quantitative estimate of drug-likeness (QED) is 0.240. The van der Waals surface area contributed by atoms with Crippen molar-refractivity contribution in [2.45, 2.75) is 5.16 Å². The first kappa shape index (κ1) is 21.5. The third kappa shape index (κ3) is 4.76. The molecule has 0 spiro atoms. The summed E-state index contributed by atoms with van der Waals surface area (Å²) in [6.45, 7) is 0. The van der Waals surface area contributed by atoms with Crippen molar-refractivity contribution in [2.24, 2.45) is 0 Å². The van der Waals surface area contributed by atoms with Crippen LogP contribution in [0.1, 0.15) is 0 Å². The molecule has 11 heteroatoms. The number of pyridine rings is 1. The van der Waals surface area contributed by atoms with Crippen LogP contribution < -0.4 is 5.32 Å². The fourth-order valence-electron chi connectivity index (χ4n) is 2.94. The van der Waals surface area contributed by atoms with Crippen LogP contribution in [0.4, 0.5) is 11.4 Å². The van der Waals surface area contributed by atoms with Crippen LogP contribution in [0.15, 0.2) is 78.2 Å². The Morgan fingerprint density at radius 2 is 1.84 bits per heavy atom. The normalized spacial score (nSPS) is 10.7. The molecule has 0 aliphatic carbocycles. The predicted molar refractivity (Wildman–Crippen MR) is 122 cm³/mol. The minimum Gasteiger partial charge on any atom is -0.320 e. The first-order chi connectivity index (χ1) is 15.5. The molecule has 0 atom stereocenters. The number of rotatable bonds is 7. The number of nitro groups is 1. The molecule has 9 nitrogen and oxygen atoms in total. The molecule has 0 radical (unpaired) electrons. The lowest BCUT2D eigenvalue weighted by atomic mass is 10.2. The number of carbonyl (C=O) groups is 1. The van der Waals surface area contributed by atoms with Crippen LogP contribution in [-0.2, 0) is 4.79 Å². The van der Waals surface area contributed by atoms with Crippen molar-refractivity contribution in [3.05, 3.63) is 88.2 Å². The summed E-state index contributed by atoms with van der Waals surface area (Å²) in [5.74, 6) is 0.157. The molecule has 0 unspecified atom stereocenters. The molecule has 0 saturated heterocycles. The maximum atomic E-state index is 12.5. The lowest BCUT2D eigenvalue weighted by molar-refractivity contribution is -0.383. The number of hydrogen-bond donors (Lipinski definition) is 1. The lowest BCUT2D eigenvalue weighted by Crippen LogP contribution is -2.15. The van der Waals surface area contributed by atoms with Gasteiger partial charge in [-0.2, -0.15) is 0 Å². The third-order valence-corrected chi connectivity index (χ3v) is 5.51. The van der Waals surface area contributed by atoms with E-state index in [9.17, 15) is 14.9 Å². The zero-order chi connectivity index (χ0) is 22.5. The fourth-order valence-corrected chi connectivity index (χ4v) is 3.86. The summed E-state index contributed by atoms with van der Waals surface area (Å²) < 4.78 is 1.85. The predicted octanol–water partition coefficient (Wildman–Crippen LogP) is 4.62. The van der Waals surface area contributed by atoms with Crippen molar-refractivity contribution in [1.29, 1.82) is 0 Å². The molecule has 1 N–H and O–H groups in total. The minimum atomic E-state index is -0.596. The first-order valence-corrected chi connectivity index (χ1v) is 10.7. The van der Waals surface area contributed by atoms with E-state index in [1.807, 2.05) is 47.0 Å². The zero-order valence-corrected chi connectivity index (χ0v) is 18.0. The molecular weight excluding hydrogens is 452 g/mol. The average molecular weight is 467 g/mol. The Morgan fingerprint density at radius 1 is 1.09 bits per heavy atom. The molecule has 2 heterocycles. The second-order valence-corrected chi connectivity index (χ2v) is 7.85. The number of aromatic nitrogens is 4. The van der Waals surface area contributed by atoms with Crippen molar-refractivity contribution in [2.75, 3.05) is 11.1 Å². The molecule has 1 amide bonds. The number of nitro benzene ring substituents is 1. The molecule has 4 aromatic rings. The van der Waals surface area contributed by atoms with E-state index in [0.717, 1.165) is 11.3 Å². The number of amides is 1. The van der Waals surface area contributed by atoms with Crippen molar-refractivity contribution in [3.8, 4) is 17.1 Å². The zero-order valence-electron chi connectivity index (χ0n) is 16.4. The fraction of sp³-hybridized carbons (Fsp3) is 0.0476. The lowest BCUT2D eigenvalue weighted by Gasteiger charge is -2.10. The number of benzene rings is 2. The van der Waals surface area contributed by atoms with Gasteiger partial charge >= 0.3 is 0 Å². The number of carbonyl (C=O) groups excluding carboxylic acids is 1. The number of thioether (sulfide) groups is 1. The summed E-state index contributed by atoms with van der Waals surface area (Å²) in [5, 5.41) is 23.1. The van der Waals surface area contributed by atoms with Gasteiger partial charge in [0.2, 0.25) is 5.91 Å². The van der Waals surface area contributed by atoms with Crippen LogP contribution in [-0.4, -0.2) is 36.3 Å². The van der Waals surface area contributed by atoms with Gasteiger partial charge in [-0.3, -0.25) is 24.5 Å². The number of nitrogens with one attached hydrogen (secondary N) is 1. The second-order valence-electron chi connectivity index (χ2n) is 6.47. The number of halogens is 1. The van der Waals surface area contributed by atoms with Crippen LogP contribution in [0.25, 0.3) is 17.1 Å². The molecule has 0 fully saturated rings. The maximum Gasteiger partial charge on any atom is 0.294 e. The van der Waals surface area contributed by atoms with Crippen LogP contribution >= 0.6 is 23.4 Å². The van der Waals surface area contributed by atoms with E-state index in [1.54, 1.807) is 12.4 Å². The highest BCUT2D eigenvalue weighted by molar-refractivity contribution is 7.99. The average Bonchev–Trinajstić information content (AvgIpc) is 3.24. The van der Waals surface area contributed by atoms with Gasteiger partial charge in [0.1, 0.15) is 5.69 Å². The highest BCUT2D eigenvalue weighted by Gasteiger charge is 2.19. The smallest absolute Gasteiger partial charge is 0.294 e. The Balaban J connectivity index is 1.57. The largest absolute Gasteiger partial charge is 0.320 e. The van der Waals surface area contributed by atoms with Gasteiger partial charge in [0.25, 0.3) is 5.69 Å². The third-order valence-electron chi connectivity index (χ3n) is 4.35. The second kappa shape index (κ2) is 9.58. The van der Waals surface area contributed by atoms with Crippen LogP contribution in [0.5, 0.6) is 0 Å². The van der Waals surface area contributed by atoms with Crippen LogP contribution in [0.2, 0.25) is 5.02 Å². The Morgan fingerprint density at radius 3 is 2.56 bits per heavy atom. The highest BCUT2D eigenvalue weighted by atomic mass is 35.5. The Hall–Kier alpha value is -3.76. The topological polar surface area (TPSA) is 116 Å². The Kier molecular flexibility index (Phi) is 6.43. The molecule has 32 heavy (non-hydrogen) atoms. The first-order valence-electron chi connectivity index (χ1n) is 9.31. The number of nitrogens with zero attached hydrogens (tertiary/aromatic N) is 5. The van der Waals surface area contributed by atoms with Gasteiger partial charge < -0.3 is 5.32 Å². The molecule has 0 bridgehead atoms. The van der Waals surface area contributed by atoms with Gasteiger partial charge in [0, 0.05) is 34.7 Å². The number of hydrogen-bond acceptors (Lipinski definition) is 7. The van der Waals surface area contributed by atoms with E-state index in [0.29, 0.717) is 11.0 Å². The van der Waals surface area contributed by atoms with Gasteiger partial charge in [-0.05, 0) is 36.4 Å². The summed E-state index contributed by atoms with van der Waals surface area (Å²) in [5.41, 5.74) is 1.46. The molecule has 0 aliphatic heterocycles. The van der Waals surface area contributed by atoms with Gasteiger partial charge in [-0.15, -0.1) is 10.2 Å². The minimum absolute atomic E-state index is 0.0267. The summed E-state index contributed by atoms with van der Waals surface area (Å²) in [7, 11) is 0. The van der Waals surface area contributed by atoms with Crippen LogP contribution in [0.3, 0.4) is 0 Å². The van der Waals surface area contributed by atoms with E-state index in [2.05, 4.69) is 20.5 Å². The summed E-state index contributed by atoms with van der Waals surface area (Å²) in [6, 6.07) is 17.2. The van der Waals surface area contributed by atoms with Gasteiger partial charge in [0.05, 0.1) is 10.7 Å². The van der Waals surface area contributed by atoms with Crippen molar-refractivity contribution in [1.82, 2.24) is 19.7 Å². The summed E-state index contributed by atoms with van der Waals surface area (Å²) >= 11 is 6.99. The highest BCUT2D eigenvalue weighted by Crippen LogP contribution is 2.30. The molecule has 0 saturated carbocycles. The van der Waals surface area contributed by atoms with Crippen molar-refractivity contribution in [3.63, 3.8) is 0 Å². The van der Waals surface area contributed by atoms with Crippen molar-refractivity contribution < 1.29 is 9.72 Å². The Bertz CT molecular complexity index is 1270. The van der Waals surface area contributed by atoms with E-state index in [1.165, 1.54) is 30.0 Å². The van der Waals surface area contributed by atoms with E-state index >= 15 is 0 Å². The molecular formula is C21H15ClN6O3S. The molecule has 0 aliphatic rings. The maximum absolute atomic E-state index is 12.5. The van der Waals surface area contributed by atoms with Crippen molar-refractivity contribution >= 4 is 40.6 Å². The number of anilines is 1. The summed E-state index contributed by atoms with van der Waals surface area (Å²) in [4.78, 5) is 27.2. The van der Waals surface area contributed by atoms with Gasteiger partial charge in [0.15, 0.2) is 11.0 Å².